The van der Waals surface area contributed by atoms with Gasteiger partial charge in [-0.1, -0.05) is 37.6 Å². The molecule has 0 radical (unpaired) electrons. The number of rotatable bonds is 9. The Morgan fingerprint density at radius 1 is 1.15 bits per heavy atom. The number of carbonyl (C=O) groups excluding carboxylic acids is 2. The Labute approximate surface area is 192 Å². The van der Waals surface area contributed by atoms with E-state index >= 15 is 0 Å². The topological polar surface area (TPSA) is 111 Å². The molecule has 0 spiro atoms. The van der Waals surface area contributed by atoms with Crippen molar-refractivity contribution in [1.82, 2.24) is 10.6 Å². The van der Waals surface area contributed by atoms with Crippen molar-refractivity contribution >= 4 is 29.1 Å². The lowest BCUT2D eigenvalue weighted by molar-refractivity contribution is -0.384. The second-order valence-corrected chi connectivity index (χ2v) is 7.79. The second kappa shape index (κ2) is 11.0. The van der Waals surface area contributed by atoms with E-state index in [0.29, 0.717) is 5.56 Å². The predicted molar refractivity (Wildman–Crippen MR) is 114 cm³/mol. The molecule has 12 heteroatoms. The first kappa shape index (κ1) is 25.9. The van der Waals surface area contributed by atoms with Gasteiger partial charge in [-0.3, -0.25) is 19.7 Å². The number of hydrogen-bond donors (Lipinski definition) is 2. The van der Waals surface area contributed by atoms with Gasteiger partial charge in [0.15, 0.2) is 6.61 Å². The Hall–Kier alpha value is -3.34. The van der Waals surface area contributed by atoms with E-state index in [4.69, 9.17) is 11.6 Å². The fraction of sp³-hybridized carbons (Fsp3) is 0.333. The minimum Gasteiger partial charge on any atom is -0.484 e. The molecule has 2 amide bonds. The van der Waals surface area contributed by atoms with Crippen molar-refractivity contribution < 1.29 is 32.4 Å². The lowest BCUT2D eigenvalue weighted by Gasteiger charge is -2.22. The van der Waals surface area contributed by atoms with Gasteiger partial charge in [-0.05, 0) is 29.7 Å². The van der Waals surface area contributed by atoms with Crippen LogP contribution in [0.4, 0.5) is 18.9 Å². The fourth-order valence-electron chi connectivity index (χ4n) is 2.72. The molecule has 0 bridgehead atoms. The van der Waals surface area contributed by atoms with Gasteiger partial charge in [-0.25, -0.2) is 0 Å². The molecule has 2 aromatic rings. The zero-order valence-electron chi connectivity index (χ0n) is 17.6. The summed E-state index contributed by atoms with van der Waals surface area (Å²) in [5, 5.41) is 15.9. The van der Waals surface area contributed by atoms with Crippen LogP contribution < -0.4 is 15.4 Å². The van der Waals surface area contributed by atoms with Gasteiger partial charge in [0.25, 0.3) is 11.6 Å². The third kappa shape index (κ3) is 7.94. The molecule has 0 aliphatic carbocycles. The average Bonchev–Trinajstić information content (AvgIpc) is 2.74. The number of nitro benzene ring substituents is 1. The van der Waals surface area contributed by atoms with Crippen molar-refractivity contribution in [3.8, 4) is 5.75 Å². The molecule has 0 saturated carbocycles. The summed E-state index contributed by atoms with van der Waals surface area (Å²) in [6.45, 7) is 2.09. The van der Waals surface area contributed by atoms with Crippen molar-refractivity contribution in [1.29, 1.82) is 0 Å². The summed E-state index contributed by atoms with van der Waals surface area (Å²) in [5.41, 5.74) is 0.314. The van der Waals surface area contributed by atoms with Crippen LogP contribution in [-0.2, 0) is 11.3 Å². The van der Waals surface area contributed by atoms with Gasteiger partial charge in [0.1, 0.15) is 11.8 Å². The predicted octanol–water partition coefficient (Wildman–Crippen LogP) is 4.26. The number of nitrogens with one attached hydrogen (secondary N) is 2. The molecule has 0 saturated heterocycles. The standard InChI is InChI=1S/C21H21ClF3N3O5/c1-12(2)18(27-19(29)16-8-5-14(28(31)32)9-17(16)22)20(30)26-10-13-3-6-15(7-4-13)33-11-21(23,24)25/h3-9,12,18H,10-11H2,1-2H3,(H,26,30)(H,27,29). The van der Waals surface area contributed by atoms with Gasteiger partial charge < -0.3 is 15.4 Å². The van der Waals surface area contributed by atoms with Gasteiger partial charge in [-0.15, -0.1) is 0 Å². The highest BCUT2D eigenvalue weighted by Crippen LogP contribution is 2.23. The van der Waals surface area contributed by atoms with Gasteiger partial charge in [0, 0.05) is 18.7 Å². The third-order valence-electron chi connectivity index (χ3n) is 4.44. The molecule has 2 aromatic carbocycles. The highest BCUT2D eigenvalue weighted by molar-refractivity contribution is 6.34. The largest absolute Gasteiger partial charge is 0.484 e. The Morgan fingerprint density at radius 2 is 1.79 bits per heavy atom. The summed E-state index contributed by atoms with van der Waals surface area (Å²) in [5.74, 6) is -1.43. The molecule has 0 aromatic heterocycles. The van der Waals surface area contributed by atoms with E-state index in [2.05, 4.69) is 15.4 Å². The van der Waals surface area contributed by atoms with E-state index in [9.17, 15) is 32.9 Å². The van der Waals surface area contributed by atoms with Crippen LogP contribution in [0.3, 0.4) is 0 Å². The smallest absolute Gasteiger partial charge is 0.422 e. The lowest BCUT2D eigenvalue weighted by atomic mass is 10.0. The second-order valence-electron chi connectivity index (χ2n) is 7.38. The SMILES string of the molecule is CC(C)C(NC(=O)c1ccc([N+](=O)[O-])cc1Cl)C(=O)NCc1ccc(OCC(F)(F)F)cc1. The molecule has 33 heavy (non-hydrogen) atoms. The summed E-state index contributed by atoms with van der Waals surface area (Å²) in [6, 6.07) is 8.16. The van der Waals surface area contributed by atoms with Crippen LogP contribution in [0, 0.1) is 16.0 Å². The first-order valence-corrected chi connectivity index (χ1v) is 10.1. The van der Waals surface area contributed by atoms with Gasteiger partial charge in [-0.2, -0.15) is 13.2 Å². The summed E-state index contributed by atoms with van der Waals surface area (Å²) in [7, 11) is 0. The zero-order valence-corrected chi connectivity index (χ0v) is 18.4. The summed E-state index contributed by atoms with van der Waals surface area (Å²) in [4.78, 5) is 35.4. The Morgan fingerprint density at radius 3 is 2.30 bits per heavy atom. The third-order valence-corrected chi connectivity index (χ3v) is 4.75. The molecular formula is C21H21ClF3N3O5. The first-order chi connectivity index (χ1) is 15.4. The van der Waals surface area contributed by atoms with Crippen molar-refractivity contribution in [3.05, 3.63) is 68.7 Å². The monoisotopic (exact) mass is 487 g/mol. The average molecular weight is 488 g/mol. The van der Waals surface area contributed by atoms with Crippen molar-refractivity contribution in [2.24, 2.45) is 5.92 Å². The summed E-state index contributed by atoms with van der Waals surface area (Å²) < 4.78 is 41.2. The van der Waals surface area contributed by atoms with Crippen LogP contribution in [0.5, 0.6) is 5.75 Å². The minimum absolute atomic E-state index is 0.0184. The first-order valence-electron chi connectivity index (χ1n) is 9.68. The maximum Gasteiger partial charge on any atom is 0.422 e. The number of nitro groups is 1. The van der Waals surface area contributed by atoms with Crippen LogP contribution in [0.2, 0.25) is 5.02 Å². The Bertz CT molecular complexity index is 1010. The van der Waals surface area contributed by atoms with Crippen LogP contribution >= 0.6 is 11.6 Å². The number of carbonyl (C=O) groups is 2. The van der Waals surface area contributed by atoms with Crippen LogP contribution in [-0.4, -0.2) is 35.6 Å². The maximum atomic E-state index is 12.6. The molecule has 1 atom stereocenters. The van der Waals surface area contributed by atoms with Gasteiger partial charge in [0.05, 0.1) is 15.5 Å². The quantitative estimate of drug-likeness (QED) is 0.405. The molecule has 0 fully saturated rings. The normalized spacial score (nSPS) is 12.2. The summed E-state index contributed by atoms with van der Waals surface area (Å²) >= 11 is 5.97. The van der Waals surface area contributed by atoms with Gasteiger partial charge in [0.2, 0.25) is 5.91 Å². The van der Waals surface area contributed by atoms with Gasteiger partial charge >= 0.3 is 6.18 Å². The number of hydrogen-bond acceptors (Lipinski definition) is 5. The molecular weight excluding hydrogens is 467 g/mol. The van der Waals surface area contributed by atoms with Crippen LogP contribution in [0.25, 0.3) is 0 Å². The van der Waals surface area contributed by atoms with E-state index in [1.807, 2.05) is 0 Å². The van der Waals surface area contributed by atoms with Crippen LogP contribution in [0.1, 0.15) is 29.8 Å². The number of ether oxygens (including phenoxy) is 1. The van der Waals surface area contributed by atoms with Crippen LogP contribution in [0.15, 0.2) is 42.5 Å². The number of non-ortho nitro benzene ring substituents is 1. The van der Waals surface area contributed by atoms with Crippen molar-refractivity contribution in [2.45, 2.75) is 32.6 Å². The fourth-order valence-corrected chi connectivity index (χ4v) is 2.98. The number of nitrogens with zero attached hydrogens (tertiary/aromatic N) is 1. The van der Waals surface area contributed by atoms with E-state index in [1.54, 1.807) is 13.8 Å². The Kier molecular flexibility index (Phi) is 8.63. The lowest BCUT2D eigenvalue weighted by Crippen LogP contribution is -2.49. The molecule has 0 heterocycles. The minimum atomic E-state index is -4.44. The van der Waals surface area contributed by atoms with E-state index in [0.717, 1.165) is 12.1 Å². The zero-order chi connectivity index (χ0) is 24.8. The van der Waals surface area contributed by atoms with E-state index in [-0.39, 0.29) is 34.5 Å². The highest BCUT2D eigenvalue weighted by Gasteiger charge is 2.28. The number of halogens is 4. The van der Waals surface area contributed by atoms with Crippen molar-refractivity contribution in [2.75, 3.05) is 6.61 Å². The maximum absolute atomic E-state index is 12.6. The molecule has 0 aliphatic rings. The van der Waals surface area contributed by atoms with Crippen molar-refractivity contribution in [3.63, 3.8) is 0 Å². The molecule has 2 N–H and O–H groups in total. The molecule has 178 valence electrons. The van der Waals surface area contributed by atoms with E-state index < -0.39 is 35.6 Å². The molecule has 0 aliphatic heterocycles. The number of benzene rings is 2. The van der Waals surface area contributed by atoms with E-state index in [1.165, 1.54) is 30.3 Å². The number of amides is 2. The molecule has 2 rings (SSSR count). The number of alkyl halides is 3. The molecule has 8 nitrogen and oxygen atoms in total. The Balaban J connectivity index is 1.98. The summed E-state index contributed by atoms with van der Waals surface area (Å²) in [6.07, 6.45) is -4.44. The molecule has 1 unspecified atom stereocenters. The highest BCUT2D eigenvalue weighted by atomic mass is 35.5.